The molecule has 0 aliphatic heterocycles. The number of nitrogens with two attached hydrogens (primary N) is 1. The number of hydrogen-bond acceptors (Lipinski definition) is 3. The fourth-order valence-electron chi connectivity index (χ4n) is 1.15. The van der Waals surface area contributed by atoms with E-state index in [1.54, 1.807) is 0 Å². The van der Waals surface area contributed by atoms with Crippen LogP contribution < -0.4 is 11.1 Å². The Bertz CT molecular complexity index is 331. The van der Waals surface area contributed by atoms with Crippen molar-refractivity contribution in [2.24, 2.45) is 0 Å². The van der Waals surface area contributed by atoms with Gasteiger partial charge in [-0.3, -0.25) is 4.79 Å². The van der Waals surface area contributed by atoms with E-state index in [0.717, 1.165) is 11.3 Å². The first-order chi connectivity index (χ1) is 6.54. The van der Waals surface area contributed by atoms with E-state index >= 15 is 0 Å². The van der Waals surface area contributed by atoms with Gasteiger partial charge in [0.2, 0.25) is 0 Å². The molecule has 0 aliphatic rings. The van der Waals surface area contributed by atoms with Crippen LogP contribution in [0.3, 0.4) is 0 Å². The Morgan fingerprint density at radius 1 is 1.64 bits per heavy atom. The summed E-state index contributed by atoms with van der Waals surface area (Å²) in [6.45, 7) is 5.91. The van der Waals surface area contributed by atoms with Crippen molar-refractivity contribution in [3.63, 3.8) is 0 Å². The topological polar surface area (TPSA) is 55.1 Å². The van der Waals surface area contributed by atoms with Gasteiger partial charge < -0.3 is 11.1 Å². The van der Waals surface area contributed by atoms with Crippen molar-refractivity contribution in [2.75, 3.05) is 5.73 Å². The van der Waals surface area contributed by atoms with Crippen LogP contribution in [0.25, 0.3) is 0 Å². The lowest BCUT2D eigenvalue weighted by molar-refractivity contribution is 0.0944. The van der Waals surface area contributed by atoms with Crippen molar-refractivity contribution < 1.29 is 4.79 Å². The molecule has 78 valence electrons. The van der Waals surface area contributed by atoms with Gasteiger partial charge in [-0.05, 0) is 26.3 Å². The summed E-state index contributed by atoms with van der Waals surface area (Å²) in [5, 5.41) is 3.44. The second-order valence-electron chi connectivity index (χ2n) is 3.47. The molecular formula is C10H16N2OS. The maximum atomic E-state index is 11.6. The van der Waals surface area contributed by atoms with Crippen molar-refractivity contribution in [1.82, 2.24) is 5.32 Å². The van der Waals surface area contributed by atoms with E-state index in [2.05, 4.69) is 12.2 Å². The van der Waals surface area contributed by atoms with Crippen LogP contribution in [0.15, 0.2) is 6.07 Å². The average Bonchev–Trinajstić information content (AvgIpc) is 2.45. The van der Waals surface area contributed by atoms with Gasteiger partial charge in [0.15, 0.2) is 0 Å². The molecule has 0 unspecified atom stereocenters. The van der Waals surface area contributed by atoms with Crippen LogP contribution in [-0.4, -0.2) is 11.9 Å². The molecule has 14 heavy (non-hydrogen) atoms. The predicted octanol–water partition coefficient (Wildman–Crippen LogP) is 2.03. The van der Waals surface area contributed by atoms with Gasteiger partial charge in [0.05, 0.1) is 10.6 Å². The maximum Gasteiger partial charge on any atom is 0.254 e. The molecule has 3 nitrogen and oxygen atoms in total. The summed E-state index contributed by atoms with van der Waals surface area (Å²) in [7, 11) is 0. The summed E-state index contributed by atoms with van der Waals surface area (Å²) in [6, 6.07) is 2.02. The lowest BCUT2D eigenvalue weighted by Crippen LogP contribution is -2.30. The third kappa shape index (κ3) is 2.48. The molecule has 3 N–H and O–H groups in total. The van der Waals surface area contributed by atoms with Gasteiger partial charge >= 0.3 is 0 Å². The zero-order chi connectivity index (χ0) is 10.7. The molecule has 1 rings (SSSR count). The highest BCUT2D eigenvalue weighted by molar-refractivity contribution is 7.16. The molecule has 0 bridgehead atoms. The fourth-order valence-corrected chi connectivity index (χ4v) is 2.01. The molecule has 1 aromatic rings. The molecule has 0 radical (unpaired) electrons. The Morgan fingerprint density at radius 3 is 2.71 bits per heavy atom. The van der Waals surface area contributed by atoms with Crippen LogP contribution in [0.4, 0.5) is 5.00 Å². The molecule has 0 spiro atoms. The van der Waals surface area contributed by atoms with Crippen LogP contribution in [0, 0.1) is 0 Å². The Morgan fingerprint density at radius 2 is 2.29 bits per heavy atom. The Labute approximate surface area is 88.3 Å². The number of rotatable bonds is 3. The van der Waals surface area contributed by atoms with Crippen LogP contribution in [0.2, 0.25) is 0 Å². The third-order valence-corrected chi connectivity index (χ3v) is 2.93. The van der Waals surface area contributed by atoms with Crippen molar-refractivity contribution >= 4 is 22.2 Å². The van der Waals surface area contributed by atoms with Crippen LogP contribution >= 0.6 is 11.3 Å². The fraction of sp³-hybridized carbons (Fsp3) is 0.500. The van der Waals surface area contributed by atoms with Gasteiger partial charge in [-0.1, -0.05) is 6.92 Å². The Kier molecular flexibility index (Phi) is 3.52. The summed E-state index contributed by atoms with van der Waals surface area (Å²) in [4.78, 5) is 12.8. The maximum absolute atomic E-state index is 11.6. The molecule has 0 atom stereocenters. The number of amides is 1. The molecule has 0 aromatic carbocycles. The number of aryl methyl sites for hydroxylation is 1. The van der Waals surface area contributed by atoms with Gasteiger partial charge in [0.25, 0.3) is 5.91 Å². The normalized spacial score (nSPS) is 10.6. The van der Waals surface area contributed by atoms with E-state index in [9.17, 15) is 4.79 Å². The summed E-state index contributed by atoms with van der Waals surface area (Å²) in [6.07, 6.45) is 0.920. The second-order valence-corrected chi connectivity index (χ2v) is 4.64. The summed E-state index contributed by atoms with van der Waals surface area (Å²) >= 11 is 1.49. The van der Waals surface area contributed by atoms with Crippen molar-refractivity contribution in [1.29, 1.82) is 0 Å². The summed E-state index contributed by atoms with van der Waals surface area (Å²) in [5.41, 5.74) is 6.36. The number of carbonyl (C=O) groups excluding carboxylic acids is 1. The zero-order valence-corrected chi connectivity index (χ0v) is 9.57. The van der Waals surface area contributed by atoms with Gasteiger partial charge in [-0.25, -0.2) is 0 Å². The highest BCUT2D eigenvalue weighted by Gasteiger charge is 2.13. The predicted molar refractivity (Wildman–Crippen MR) is 60.7 cm³/mol. The van der Waals surface area contributed by atoms with E-state index in [-0.39, 0.29) is 11.9 Å². The molecule has 1 aromatic heterocycles. The van der Waals surface area contributed by atoms with Gasteiger partial charge in [-0.15, -0.1) is 11.3 Å². The van der Waals surface area contributed by atoms with E-state index in [0.29, 0.717) is 10.6 Å². The minimum Gasteiger partial charge on any atom is -0.390 e. The minimum atomic E-state index is -0.0755. The number of hydrogen-bond donors (Lipinski definition) is 2. The lowest BCUT2D eigenvalue weighted by atomic mass is 10.2. The number of nitrogens with one attached hydrogen (secondary N) is 1. The molecule has 1 heterocycles. The van der Waals surface area contributed by atoms with Crippen molar-refractivity contribution in [2.45, 2.75) is 33.2 Å². The van der Waals surface area contributed by atoms with Crippen molar-refractivity contribution in [3.05, 3.63) is 16.5 Å². The average molecular weight is 212 g/mol. The van der Waals surface area contributed by atoms with E-state index in [1.807, 2.05) is 19.9 Å². The molecule has 1 amide bonds. The Hall–Kier alpha value is -1.03. The molecular weight excluding hydrogens is 196 g/mol. The van der Waals surface area contributed by atoms with Gasteiger partial charge in [0.1, 0.15) is 0 Å². The highest BCUT2D eigenvalue weighted by atomic mass is 32.1. The first kappa shape index (κ1) is 11.0. The van der Waals surface area contributed by atoms with E-state index < -0.39 is 0 Å². The molecule has 0 saturated heterocycles. The smallest absolute Gasteiger partial charge is 0.254 e. The largest absolute Gasteiger partial charge is 0.390 e. The summed E-state index contributed by atoms with van der Waals surface area (Å²) in [5.74, 6) is -0.0755. The number of anilines is 1. The number of nitrogen functional groups attached to an aromatic ring is 1. The molecule has 0 saturated carbocycles. The summed E-state index contributed by atoms with van der Waals surface area (Å²) < 4.78 is 0. The minimum absolute atomic E-state index is 0.0755. The zero-order valence-electron chi connectivity index (χ0n) is 8.76. The van der Waals surface area contributed by atoms with Crippen LogP contribution in [0.5, 0.6) is 0 Å². The first-order valence-corrected chi connectivity index (χ1v) is 5.55. The monoisotopic (exact) mass is 212 g/mol. The van der Waals surface area contributed by atoms with Crippen LogP contribution in [0.1, 0.15) is 36.0 Å². The third-order valence-electron chi connectivity index (χ3n) is 1.82. The SMILES string of the molecule is CCc1cc(C(=O)NC(C)C)c(N)s1. The van der Waals surface area contributed by atoms with Crippen LogP contribution in [-0.2, 0) is 6.42 Å². The first-order valence-electron chi connectivity index (χ1n) is 4.73. The molecule has 0 fully saturated rings. The van der Waals surface area contributed by atoms with Gasteiger partial charge in [0, 0.05) is 10.9 Å². The quantitative estimate of drug-likeness (QED) is 0.805. The number of carbonyl (C=O) groups is 1. The standard InChI is InChI=1S/C10H16N2OS/c1-4-7-5-8(9(11)14-7)10(13)12-6(2)3/h5-6H,4,11H2,1-3H3,(H,12,13). The van der Waals surface area contributed by atoms with Crippen molar-refractivity contribution in [3.8, 4) is 0 Å². The lowest BCUT2D eigenvalue weighted by Gasteiger charge is -2.06. The highest BCUT2D eigenvalue weighted by Crippen LogP contribution is 2.25. The second kappa shape index (κ2) is 4.46. The van der Waals surface area contributed by atoms with Gasteiger partial charge in [-0.2, -0.15) is 0 Å². The molecule has 0 aliphatic carbocycles. The molecule has 4 heteroatoms. The Balaban J connectivity index is 2.84. The number of thiophene rings is 1. The van der Waals surface area contributed by atoms with E-state index in [1.165, 1.54) is 11.3 Å². The van der Waals surface area contributed by atoms with E-state index in [4.69, 9.17) is 5.73 Å².